The van der Waals surface area contributed by atoms with Crippen LogP contribution in [0, 0.1) is 0 Å². The van der Waals surface area contributed by atoms with Crippen molar-refractivity contribution in [2.24, 2.45) is 0 Å². The van der Waals surface area contributed by atoms with Crippen LogP contribution >= 0.6 is 0 Å². The van der Waals surface area contributed by atoms with E-state index in [0.717, 1.165) is 28.0 Å². The fourth-order valence-corrected chi connectivity index (χ4v) is 1.83. The number of anilines is 2. The van der Waals surface area contributed by atoms with Crippen LogP contribution in [0.4, 0.5) is 11.5 Å². The van der Waals surface area contributed by atoms with Gasteiger partial charge in [0.2, 0.25) is 0 Å². The van der Waals surface area contributed by atoms with Crippen LogP contribution in [0.3, 0.4) is 0 Å². The third-order valence-electron chi connectivity index (χ3n) is 2.77. The van der Waals surface area contributed by atoms with E-state index in [1.807, 2.05) is 36.4 Å². The summed E-state index contributed by atoms with van der Waals surface area (Å²) in [5.41, 5.74) is 8.51. The maximum absolute atomic E-state index is 5.73. The number of rotatable bonds is 3. The van der Waals surface area contributed by atoms with Gasteiger partial charge in [0.1, 0.15) is 5.82 Å². The van der Waals surface area contributed by atoms with Crippen LogP contribution in [0.5, 0.6) is 0 Å². The number of nitrogen functional groups attached to an aromatic ring is 1. The van der Waals surface area contributed by atoms with Crippen molar-refractivity contribution in [3.63, 3.8) is 0 Å². The SMILES string of the molecule is Nc1ccc2nc(NCc3ccoc3)ccc2c1. The minimum Gasteiger partial charge on any atom is -0.472 e. The molecule has 0 atom stereocenters. The topological polar surface area (TPSA) is 64.1 Å². The fraction of sp³-hybridized carbons (Fsp3) is 0.0714. The van der Waals surface area contributed by atoms with Crippen molar-refractivity contribution in [1.82, 2.24) is 4.98 Å². The van der Waals surface area contributed by atoms with Crippen LogP contribution in [0.1, 0.15) is 5.56 Å². The summed E-state index contributed by atoms with van der Waals surface area (Å²) in [4.78, 5) is 4.52. The van der Waals surface area contributed by atoms with E-state index < -0.39 is 0 Å². The number of nitrogens with one attached hydrogen (secondary N) is 1. The molecule has 0 unspecified atom stereocenters. The molecule has 3 N–H and O–H groups in total. The van der Waals surface area contributed by atoms with E-state index in [0.29, 0.717) is 6.54 Å². The largest absolute Gasteiger partial charge is 0.472 e. The van der Waals surface area contributed by atoms with Gasteiger partial charge in [-0.2, -0.15) is 0 Å². The van der Waals surface area contributed by atoms with Gasteiger partial charge in [-0.3, -0.25) is 0 Å². The average Bonchev–Trinajstić information content (AvgIpc) is 2.89. The lowest BCUT2D eigenvalue weighted by Crippen LogP contribution is -2.00. The highest BCUT2D eigenvalue weighted by Gasteiger charge is 1.99. The Balaban J connectivity index is 1.82. The molecule has 0 saturated carbocycles. The molecule has 0 amide bonds. The highest BCUT2D eigenvalue weighted by atomic mass is 16.3. The molecule has 18 heavy (non-hydrogen) atoms. The molecule has 4 nitrogen and oxygen atoms in total. The standard InChI is InChI=1S/C14H13N3O/c15-12-2-3-13-11(7-12)1-4-14(17-13)16-8-10-5-6-18-9-10/h1-7,9H,8,15H2,(H,16,17). The molecule has 90 valence electrons. The molecule has 0 fully saturated rings. The van der Waals surface area contributed by atoms with E-state index in [4.69, 9.17) is 10.2 Å². The van der Waals surface area contributed by atoms with Crippen LogP contribution in [-0.2, 0) is 6.54 Å². The van der Waals surface area contributed by atoms with Crippen LogP contribution in [0.15, 0.2) is 53.3 Å². The summed E-state index contributed by atoms with van der Waals surface area (Å²) in [7, 11) is 0. The minimum atomic E-state index is 0.698. The lowest BCUT2D eigenvalue weighted by Gasteiger charge is -2.05. The van der Waals surface area contributed by atoms with Gasteiger partial charge in [0.05, 0.1) is 18.0 Å². The quantitative estimate of drug-likeness (QED) is 0.689. The first kappa shape index (κ1) is 10.7. The van der Waals surface area contributed by atoms with E-state index in [9.17, 15) is 0 Å². The average molecular weight is 239 g/mol. The summed E-state index contributed by atoms with van der Waals surface area (Å²) in [5, 5.41) is 4.30. The second-order valence-corrected chi connectivity index (χ2v) is 4.13. The number of hydrogen-bond donors (Lipinski definition) is 2. The van der Waals surface area contributed by atoms with E-state index in [2.05, 4.69) is 10.3 Å². The van der Waals surface area contributed by atoms with Crippen molar-refractivity contribution in [2.45, 2.75) is 6.54 Å². The molecule has 2 aromatic heterocycles. The molecule has 2 heterocycles. The Morgan fingerprint density at radius 3 is 2.94 bits per heavy atom. The number of hydrogen-bond acceptors (Lipinski definition) is 4. The van der Waals surface area contributed by atoms with Crippen molar-refractivity contribution < 1.29 is 4.42 Å². The van der Waals surface area contributed by atoms with Gasteiger partial charge in [0, 0.05) is 23.2 Å². The Morgan fingerprint density at radius 2 is 2.11 bits per heavy atom. The number of nitrogens with zero attached hydrogens (tertiary/aromatic N) is 1. The maximum Gasteiger partial charge on any atom is 0.126 e. The molecule has 3 aromatic rings. The summed E-state index contributed by atoms with van der Waals surface area (Å²) < 4.78 is 5.01. The van der Waals surface area contributed by atoms with Crippen molar-refractivity contribution in [3.8, 4) is 0 Å². The Hall–Kier alpha value is -2.49. The molecule has 3 rings (SSSR count). The molecule has 0 saturated heterocycles. The lowest BCUT2D eigenvalue weighted by molar-refractivity contribution is 0.564. The monoisotopic (exact) mass is 239 g/mol. The second-order valence-electron chi connectivity index (χ2n) is 4.13. The molecule has 0 aliphatic heterocycles. The molecular weight excluding hydrogens is 226 g/mol. The van der Waals surface area contributed by atoms with Gasteiger partial charge in [-0.15, -0.1) is 0 Å². The predicted molar refractivity (Wildman–Crippen MR) is 72.2 cm³/mol. The summed E-state index contributed by atoms with van der Waals surface area (Å²) in [6.45, 7) is 0.698. The van der Waals surface area contributed by atoms with E-state index in [1.165, 1.54) is 0 Å². The van der Waals surface area contributed by atoms with Crippen LogP contribution in [0.25, 0.3) is 10.9 Å². The number of fused-ring (bicyclic) bond motifs is 1. The van der Waals surface area contributed by atoms with Crippen LogP contribution in [0.2, 0.25) is 0 Å². The van der Waals surface area contributed by atoms with Gasteiger partial charge < -0.3 is 15.5 Å². The zero-order valence-electron chi connectivity index (χ0n) is 9.76. The van der Waals surface area contributed by atoms with Crippen molar-refractivity contribution in [2.75, 3.05) is 11.1 Å². The van der Waals surface area contributed by atoms with E-state index in [-0.39, 0.29) is 0 Å². The number of nitrogens with two attached hydrogens (primary N) is 1. The van der Waals surface area contributed by atoms with Gasteiger partial charge in [-0.05, 0) is 36.4 Å². The van der Waals surface area contributed by atoms with Crippen molar-refractivity contribution in [3.05, 3.63) is 54.5 Å². The van der Waals surface area contributed by atoms with E-state index in [1.54, 1.807) is 12.5 Å². The normalized spacial score (nSPS) is 10.7. The Labute approximate surface area is 104 Å². The van der Waals surface area contributed by atoms with Gasteiger partial charge in [-0.1, -0.05) is 0 Å². The second kappa shape index (κ2) is 4.41. The zero-order chi connectivity index (χ0) is 12.4. The zero-order valence-corrected chi connectivity index (χ0v) is 9.76. The first-order valence-corrected chi connectivity index (χ1v) is 5.72. The summed E-state index contributed by atoms with van der Waals surface area (Å²) in [5.74, 6) is 0.841. The van der Waals surface area contributed by atoms with Crippen molar-refractivity contribution in [1.29, 1.82) is 0 Å². The number of furan rings is 1. The van der Waals surface area contributed by atoms with Gasteiger partial charge in [-0.25, -0.2) is 4.98 Å². The Bertz CT molecular complexity index is 662. The summed E-state index contributed by atoms with van der Waals surface area (Å²) >= 11 is 0. The number of pyridine rings is 1. The number of aromatic nitrogens is 1. The van der Waals surface area contributed by atoms with Gasteiger partial charge in [0.15, 0.2) is 0 Å². The number of benzene rings is 1. The highest BCUT2D eigenvalue weighted by Crippen LogP contribution is 2.18. The third-order valence-corrected chi connectivity index (χ3v) is 2.77. The van der Waals surface area contributed by atoms with Crippen molar-refractivity contribution >= 4 is 22.4 Å². The summed E-state index contributed by atoms with van der Waals surface area (Å²) in [6.07, 6.45) is 3.38. The molecule has 0 spiro atoms. The smallest absolute Gasteiger partial charge is 0.126 e. The molecule has 0 aliphatic rings. The minimum absolute atomic E-state index is 0.698. The first-order valence-electron chi connectivity index (χ1n) is 5.72. The molecule has 0 bridgehead atoms. The molecule has 0 radical (unpaired) electrons. The van der Waals surface area contributed by atoms with E-state index >= 15 is 0 Å². The highest BCUT2D eigenvalue weighted by molar-refractivity contribution is 5.83. The summed E-state index contributed by atoms with van der Waals surface area (Å²) in [6, 6.07) is 11.6. The fourth-order valence-electron chi connectivity index (χ4n) is 1.83. The maximum atomic E-state index is 5.73. The Morgan fingerprint density at radius 1 is 1.17 bits per heavy atom. The van der Waals surface area contributed by atoms with Crippen LogP contribution < -0.4 is 11.1 Å². The molecule has 0 aliphatic carbocycles. The van der Waals surface area contributed by atoms with Gasteiger partial charge in [0.25, 0.3) is 0 Å². The lowest BCUT2D eigenvalue weighted by atomic mass is 10.2. The molecular formula is C14H13N3O. The molecule has 4 heteroatoms. The third kappa shape index (κ3) is 2.13. The first-order chi connectivity index (χ1) is 8.81. The van der Waals surface area contributed by atoms with Gasteiger partial charge >= 0.3 is 0 Å². The molecule has 1 aromatic carbocycles. The van der Waals surface area contributed by atoms with Crippen LogP contribution in [-0.4, -0.2) is 4.98 Å². The predicted octanol–water partition coefficient (Wildman–Crippen LogP) is 3.02. The Kier molecular flexibility index (Phi) is 2.61.